The summed E-state index contributed by atoms with van der Waals surface area (Å²) in [5, 5.41) is 6.26. The lowest BCUT2D eigenvalue weighted by atomic mass is 9.98. The van der Waals surface area contributed by atoms with Crippen molar-refractivity contribution in [1.82, 2.24) is 14.6 Å². The highest BCUT2D eigenvalue weighted by Gasteiger charge is 2.22. The largest absolute Gasteiger partial charge is 0.487 e. The van der Waals surface area contributed by atoms with Crippen LogP contribution in [0, 0.1) is 13.8 Å². The number of aryl methyl sites for hydroxylation is 2. The van der Waals surface area contributed by atoms with Crippen LogP contribution < -0.4 is 4.74 Å². The van der Waals surface area contributed by atoms with Crippen molar-refractivity contribution in [2.75, 3.05) is 7.11 Å². The minimum Gasteiger partial charge on any atom is -0.487 e. The number of nitrogens with zero attached hydrogens (tertiary/aromatic N) is 3. The molecule has 3 aromatic heterocycles. The van der Waals surface area contributed by atoms with Crippen LogP contribution in [0.25, 0.3) is 16.1 Å². The second kappa shape index (κ2) is 6.73. The van der Waals surface area contributed by atoms with Crippen molar-refractivity contribution in [2.45, 2.75) is 46.5 Å². The summed E-state index contributed by atoms with van der Waals surface area (Å²) in [5.41, 5.74) is 5.04. The van der Waals surface area contributed by atoms with E-state index in [2.05, 4.69) is 19.9 Å². The summed E-state index contributed by atoms with van der Waals surface area (Å²) in [7, 11) is 1.66. The van der Waals surface area contributed by atoms with Crippen LogP contribution in [-0.2, 0) is 0 Å². The van der Waals surface area contributed by atoms with Gasteiger partial charge >= 0.3 is 0 Å². The van der Waals surface area contributed by atoms with Gasteiger partial charge in [0.25, 0.3) is 0 Å². The zero-order valence-corrected chi connectivity index (χ0v) is 16.3. The first-order valence-corrected chi connectivity index (χ1v) is 9.40. The summed E-state index contributed by atoms with van der Waals surface area (Å²) >= 11 is 7.98. The fourth-order valence-corrected chi connectivity index (χ4v) is 4.49. The predicted molar refractivity (Wildman–Crippen MR) is 101 cm³/mol. The van der Waals surface area contributed by atoms with Crippen LogP contribution in [0.2, 0.25) is 5.02 Å². The van der Waals surface area contributed by atoms with Gasteiger partial charge in [-0.2, -0.15) is 5.10 Å². The van der Waals surface area contributed by atoms with E-state index in [1.165, 1.54) is 17.0 Å². The molecule has 0 unspecified atom stereocenters. The third-order valence-electron chi connectivity index (χ3n) is 4.42. The molecule has 3 rings (SSSR count). The van der Waals surface area contributed by atoms with E-state index < -0.39 is 0 Å². The summed E-state index contributed by atoms with van der Waals surface area (Å²) in [6.07, 6.45) is 2.16. The average Bonchev–Trinajstić information content (AvgIpc) is 3.07. The maximum atomic E-state index is 6.45. The number of ether oxygens (including phenoxy) is 1. The minimum atomic E-state index is 0.467. The van der Waals surface area contributed by atoms with Gasteiger partial charge in [-0.15, -0.1) is 0 Å². The quantitative estimate of drug-likeness (QED) is 0.588. The first kappa shape index (κ1) is 17.2. The highest BCUT2D eigenvalue weighted by atomic mass is 35.5. The van der Waals surface area contributed by atoms with Crippen LogP contribution in [0.4, 0.5) is 0 Å². The molecule has 3 heterocycles. The van der Waals surface area contributed by atoms with Crippen molar-refractivity contribution in [3.63, 3.8) is 0 Å². The van der Waals surface area contributed by atoms with E-state index in [1.54, 1.807) is 7.11 Å². The number of thiophene rings is 1. The lowest BCUT2D eigenvalue weighted by molar-refractivity contribution is 0.427. The second-order valence-corrected chi connectivity index (χ2v) is 7.40. The molecule has 3 aromatic rings. The Morgan fingerprint density at radius 1 is 1.25 bits per heavy atom. The molecule has 0 aromatic carbocycles. The molecule has 0 saturated carbocycles. The zero-order chi connectivity index (χ0) is 17.4. The molecule has 0 N–H and O–H groups in total. The standard InChI is InChI=1S/C18H22ClN3OS/c1-6-12(7-2)14-8-10(3)20-18-16(11(4)21-22(14)18)17-13(19)9-15(23-5)24-17/h8-9,12H,6-7H2,1-5H3. The van der Waals surface area contributed by atoms with Crippen LogP contribution in [0.3, 0.4) is 0 Å². The number of hydrogen-bond acceptors (Lipinski definition) is 4. The van der Waals surface area contributed by atoms with Crippen molar-refractivity contribution in [2.24, 2.45) is 0 Å². The molecule has 0 bridgehead atoms. The molecule has 0 aliphatic rings. The van der Waals surface area contributed by atoms with E-state index in [0.29, 0.717) is 10.9 Å². The van der Waals surface area contributed by atoms with Crippen molar-refractivity contribution >= 4 is 28.6 Å². The van der Waals surface area contributed by atoms with E-state index in [1.807, 2.05) is 24.4 Å². The molecule has 0 aliphatic carbocycles. The van der Waals surface area contributed by atoms with E-state index in [4.69, 9.17) is 26.4 Å². The van der Waals surface area contributed by atoms with Gasteiger partial charge < -0.3 is 4.74 Å². The van der Waals surface area contributed by atoms with Crippen LogP contribution in [0.5, 0.6) is 5.06 Å². The highest BCUT2D eigenvalue weighted by Crippen LogP contribution is 2.43. The minimum absolute atomic E-state index is 0.467. The van der Waals surface area contributed by atoms with Crippen LogP contribution >= 0.6 is 22.9 Å². The number of aromatic nitrogens is 3. The van der Waals surface area contributed by atoms with Gasteiger partial charge in [-0.05, 0) is 32.8 Å². The van der Waals surface area contributed by atoms with Crippen LogP contribution in [0.1, 0.15) is 49.7 Å². The third kappa shape index (κ3) is 2.80. The number of rotatable bonds is 5. The van der Waals surface area contributed by atoms with Gasteiger partial charge in [0.2, 0.25) is 0 Å². The van der Waals surface area contributed by atoms with Gasteiger partial charge in [-0.25, -0.2) is 9.50 Å². The molecule has 0 spiro atoms. The molecular formula is C18H22ClN3OS. The zero-order valence-electron chi connectivity index (χ0n) is 14.7. The Bertz CT molecular complexity index is 880. The number of hydrogen-bond donors (Lipinski definition) is 0. The molecule has 24 heavy (non-hydrogen) atoms. The molecule has 0 amide bonds. The average molecular weight is 364 g/mol. The first-order valence-electron chi connectivity index (χ1n) is 8.20. The Balaban J connectivity index is 2.30. The van der Waals surface area contributed by atoms with Crippen LogP contribution in [0.15, 0.2) is 12.1 Å². The molecule has 6 heteroatoms. The molecule has 0 saturated heterocycles. The van der Waals surface area contributed by atoms with Crippen molar-refractivity contribution < 1.29 is 4.74 Å². The SMILES string of the molecule is CCC(CC)c1cc(C)nc2c(-c3sc(OC)cc3Cl)c(C)nn12. The van der Waals surface area contributed by atoms with Crippen molar-refractivity contribution in [3.8, 4) is 15.5 Å². The van der Waals surface area contributed by atoms with E-state index in [0.717, 1.165) is 45.4 Å². The van der Waals surface area contributed by atoms with Gasteiger partial charge in [0.1, 0.15) is 0 Å². The highest BCUT2D eigenvalue weighted by molar-refractivity contribution is 7.18. The monoisotopic (exact) mass is 363 g/mol. The van der Waals surface area contributed by atoms with Gasteiger partial charge in [0, 0.05) is 23.4 Å². The summed E-state index contributed by atoms with van der Waals surface area (Å²) in [4.78, 5) is 5.74. The molecule has 128 valence electrons. The number of halogens is 1. The molecule has 0 atom stereocenters. The van der Waals surface area contributed by atoms with E-state index in [-0.39, 0.29) is 0 Å². The Labute approximate surface area is 151 Å². The lowest BCUT2D eigenvalue weighted by Gasteiger charge is -2.15. The first-order chi connectivity index (χ1) is 11.5. The second-order valence-electron chi connectivity index (χ2n) is 5.98. The summed E-state index contributed by atoms with van der Waals surface area (Å²) < 4.78 is 7.33. The molecular weight excluding hydrogens is 342 g/mol. The Morgan fingerprint density at radius 2 is 1.96 bits per heavy atom. The Morgan fingerprint density at radius 3 is 2.54 bits per heavy atom. The molecule has 4 nitrogen and oxygen atoms in total. The topological polar surface area (TPSA) is 39.4 Å². The fraction of sp³-hybridized carbons (Fsp3) is 0.444. The smallest absolute Gasteiger partial charge is 0.175 e. The summed E-state index contributed by atoms with van der Waals surface area (Å²) in [6.45, 7) is 8.48. The normalized spacial score (nSPS) is 11.6. The summed E-state index contributed by atoms with van der Waals surface area (Å²) in [6, 6.07) is 4.00. The van der Waals surface area contributed by atoms with Gasteiger partial charge in [0.05, 0.1) is 28.3 Å². The van der Waals surface area contributed by atoms with Crippen LogP contribution in [-0.4, -0.2) is 21.7 Å². The third-order valence-corrected chi connectivity index (χ3v) is 5.94. The molecule has 0 radical (unpaired) electrons. The Kier molecular flexibility index (Phi) is 4.83. The van der Waals surface area contributed by atoms with Gasteiger partial charge in [-0.1, -0.05) is 36.8 Å². The van der Waals surface area contributed by atoms with E-state index in [9.17, 15) is 0 Å². The van der Waals surface area contributed by atoms with E-state index >= 15 is 0 Å². The van der Waals surface area contributed by atoms with Gasteiger partial charge in [-0.3, -0.25) is 0 Å². The Hall–Kier alpha value is -1.59. The maximum Gasteiger partial charge on any atom is 0.175 e. The lowest BCUT2D eigenvalue weighted by Crippen LogP contribution is -2.07. The molecule has 0 aliphatic heterocycles. The molecule has 0 fully saturated rings. The van der Waals surface area contributed by atoms with Crippen molar-refractivity contribution in [3.05, 3.63) is 34.2 Å². The summed E-state index contributed by atoms with van der Waals surface area (Å²) in [5.74, 6) is 0.467. The van der Waals surface area contributed by atoms with Crippen molar-refractivity contribution in [1.29, 1.82) is 0 Å². The number of methoxy groups -OCH3 is 1. The maximum absolute atomic E-state index is 6.45. The fourth-order valence-electron chi connectivity index (χ4n) is 3.16. The number of fused-ring (bicyclic) bond motifs is 1. The predicted octanol–water partition coefficient (Wildman–Crippen LogP) is 5.64. The van der Waals surface area contributed by atoms with Gasteiger partial charge in [0.15, 0.2) is 10.7 Å².